The zero-order chi connectivity index (χ0) is 22.6. The lowest BCUT2D eigenvalue weighted by Crippen LogP contribution is -2.37. The highest BCUT2D eigenvalue weighted by Gasteiger charge is 2.31. The summed E-state index contributed by atoms with van der Waals surface area (Å²) < 4.78 is 31.6. The first kappa shape index (κ1) is 22.6. The van der Waals surface area contributed by atoms with Crippen LogP contribution in [0.25, 0.3) is 0 Å². The number of hydrogen-bond donors (Lipinski definition) is 2. The predicted molar refractivity (Wildman–Crippen MR) is 120 cm³/mol. The summed E-state index contributed by atoms with van der Waals surface area (Å²) in [6, 6.07) is 13.4. The zero-order valence-electron chi connectivity index (χ0n) is 17.8. The molecule has 1 aliphatic heterocycles. The van der Waals surface area contributed by atoms with Gasteiger partial charge in [-0.1, -0.05) is 31.2 Å². The minimum Gasteiger partial charge on any atom is -0.478 e. The smallest absolute Gasteiger partial charge is 0.265 e. The Morgan fingerprint density at radius 2 is 1.84 bits per heavy atom. The van der Waals surface area contributed by atoms with E-state index < -0.39 is 22.0 Å². The molecule has 0 aliphatic carbocycles. The molecule has 2 N–H and O–H groups in total. The molecule has 0 aromatic heterocycles. The molecule has 2 atom stereocenters. The SMILES string of the molecule is CC[C@H](C)NC(=O)c1ccccc1NC(=O)[C@@H]1CCN(S(C)(=O)=O)c2ccccc2O1. The predicted octanol–water partition coefficient (Wildman–Crippen LogP) is 2.77. The second-order valence-corrected chi connectivity index (χ2v) is 9.42. The van der Waals surface area contributed by atoms with E-state index in [9.17, 15) is 18.0 Å². The molecule has 1 aliphatic rings. The van der Waals surface area contributed by atoms with Gasteiger partial charge in [-0.25, -0.2) is 8.42 Å². The molecule has 31 heavy (non-hydrogen) atoms. The largest absolute Gasteiger partial charge is 0.478 e. The number of ether oxygens (including phenoxy) is 1. The van der Waals surface area contributed by atoms with Crippen molar-refractivity contribution in [3.63, 3.8) is 0 Å². The number of anilines is 2. The van der Waals surface area contributed by atoms with Gasteiger partial charge < -0.3 is 15.4 Å². The lowest BCUT2D eigenvalue weighted by atomic mass is 10.1. The Morgan fingerprint density at radius 1 is 1.16 bits per heavy atom. The molecule has 2 amide bonds. The molecule has 0 unspecified atom stereocenters. The van der Waals surface area contributed by atoms with Crippen LogP contribution in [0.15, 0.2) is 48.5 Å². The lowest BCUT2D eigenvalue weighted by molar-refractivity contribution is -0.122. The number of nitrogens with zero attached hydrogens (tertiary/aromatic N) is 1. The monoisotopic (exact) mass is 445 g/mol. The first-order chi connectivity index (χ1) is 14.7. The van der Waals surface area contributed by atoms with Crippen LogP contribution in [0.1, 0.15) is 37.0 Å². The van der Waals surface area contributed by atoms with Gasteiger partial charge in [-0.3, -0.25) is 13.9 Å². The van der Waals surface area contributed by atoms with Gasteiger partial charge in [0.1, 0.15) is 5.75 Å². The van der Waals surface area contributed by atoms with Crippen molar-refractivity contribution in [2.24, 2.45) is 0 Å². The maximum absolute atomic E-state index is 13.0. The molecule has 0 saturated heterocycles. The Morgan fingerprint density at radius 3 is 2.55 bits per heavy atom. The van der Waals surface area contributed by atoms with Gasteiger partial charge in [0.2, 0.25) is 10.0 Å². The molecular formula is C22H27N3O5S. The summed E-state index contributed by atoms with van der Waals surface area (Å²) in [4.78, 5) is 25.6. The van der Waals surface area contributed by atoms with Crippen molar-refractivity contribution < 1.29 is 22.7 Å². The highest BCUT2D eigenvalue weighted by molar-refractivity contribution is 7.92. The van der Waals surface area contributed by atoms with E-state index in [1.54, 1.807) is 48.5 Å². The minimum absolute atomic E-state index is 0.0000692. The molecule has 0 fully saturated rings. The van der Waals surface area contributed by atoms with E-state index in [1.807, 2.05) is 13.8 Å². The molecule has 9 heteroatoms. The second-order valence-electron chi connectivity index (χ2n) is 7.52. The van der Waals surface area contributed by atoms with E-state index in [4.69, 9.17) is 4.74 Å². The third kappa shape index (κ3) is 5.35. The van der Waals surface area contributed by atoms with Crippen LogP contribution in [0, 0.1) is 0 Å². The standard InChI is InChI=1S/C22H27N3O5S/c1-4-15(2)23-21(26)16-9-5-6-10-17(16)24-22(27)20-13-14-25(31(3,28)29)18-11-7-8-12-19(18)30-20/h5-12,15,20H,4,13-14H2,1-3H3,(H,23,26)(H,24,27)/t15-,20-/m0/s1. The molecular weight excluding hydrogens is 418 g/mol. The van der Waals surface area contributed by atoms with Crippen LogP contribution in [0.4, 0.5) is 11.4 Å². The van der Waals surface area contributed by atoms with Crippen molar-refractivity contribution in [2.45, 2.75) is 38.8 Å². The van der Waals surface area contributed by atoms with E-state index >= 15 is 0 Å². The number of hydrogen-bond acceptors (Lipinski definition) is 5. The van der Waals surface area contributed by atoms with Crippen LogP contribution in [0.5, 0.6) is 5.75 Å². The van der Waals surface area contributed by atoms with Crippen LogP contribution >= 0.6 is 0 Å². The fourth-order valence-electron chi connectivity index (χ4n) is 3.27. The van der Waals surface area contributed by atoms with E-state index in [0.717, 1.165) is 12.7 Å². The maximum atomic E-state index is 13.0. The summed E-state index contributed by atoms with van der Waals surface area (Å²) in [6.45, 7) is 3.98. The van der Waals surface area contributed by atoms with E-state index in [0.29, 0.717) is 22.7 Å². The van der Waals surface area contributed by atoms with E-state index in [1.165, 1.54) is 4.31 Å². The van der Waals surface area contributed by atoms with Crippen molar-refractivity contribution in [1.82, 2.24) is 5.32 Å². The van der Waals surface area contributed by atoms with Crippen LogP contribution in [-0.2, 0) is 14.8 Å². The van der Waals surface area contributed by atoms with Gasteiger partial charge in [0.15, 0.2) is 6.10 Å². The summed E-state index contributed by atoms with van der Waals surface area (Å²) in [5.74, 6) is -0.414. The summed E-state index contributed by atoms with van der Waals surface area (Å²) in [7, 11) is -3.53. The second kappa shape index (κ2) is 9.38. The summed E-state index contributed by atoms with van der Waals surface area (Å²) >= 11 is 0. The average Bonchev–Trinajstić information content (AvgIpc) is 2.93. The topological polar surface area (TPSA) is 105 Å². The third-order valence-corrected chi connectivity index (χ3v) is 6.29. The summed E-state index contributed by atoms with van der Waals surface area (Å²) in [5.41, 5.74) is 1.12. The Hall–Kier alpha value is -3.07. The van der Waals surface area contributed by atoms with Crippen LogP contribution in [0.2, 0.25) is 0 Å². The van der Waals surface area contributed by atoms with Gasteiger partial charge in [0, 0.05) is 19.0 Å². The van der Waals surface area contributed by atoms with Crippen LogP contribution < -0.4 is 19.7 Å². The fourth-order valence-corrected chi connectivity index (χ4v) is 4.21. The summed E-state index contributed by atoms with van der Waals surface area (Å²) in [5, 5.41) is 5.66. The van der Waals surface area contributed by atoms with Crippen molar-refractivity contribution in [3.8, 4) is 5.75 Å². The number of nitrogens with one attached hydrogen (secondary N) is 2. The molecule has 166 valence electrons. The maximum Gasteiger partial charge on any atom is 0.265 e. The Labute approximate surface area is 182 Å². The molecule has 0 saturated carbocycles. The van der Waals surface area contributed by atoms with Gasteiger partial charge in [-0.2, -0.15) is 0 Å². The molecule has 0 bridgehead atoms. The van der Waals surface area contributed by atoms with Crippen molar-refractivity contribution in [3.05, 3.63) is 54.1 Å². The molecule has 2 aromatic rings. The Kier molecular flexibility index (Phi) is 6.84. The number of carbonyl (C=O) groups is 2. The quantitative estimate of drug-likeness (QED) is 0.711. The van der Waals surface area contributed by atoms with Crippen molar-refractivity contribution in [1.29, 1.82) is 0 Å². The third-order valence-electron chi connectivity index (χ3n) is 5.11. The first-order valence-corrected chi connectivity index (χ1v) is 12.0. The molecule has 3 rings (SSSR count). The van der Waals surface area contributed by atoms with Gasteiger partial charge in [-0.15, -0.1) is 0 Å². The van der Waals surface area contributed by atoms with Crippen LogP contribution in [0.3, 0.4) is 0 Å². The first-order valence-electron chi connectivity index (χ1n) is 10.1. The lowest BCUT2D eigenvalue weighted by Gasteiger charge is -2.20. The average molecular weight is 446 g/mol. The normalized spacial score (nSPS) is 17.0. The van der Waals surface area contributed by atoms with Gasteiger partial charge in [0.25, 0.3) is 11.8 Å². The molecule has 0 spiro atoms. The Bertz CT molecular complexity index is 1070. The van der Waals surface area contributed by atoms with Gasteiger partial charge in [-0.05, 0) is 37.6 Å². The minimum atomic E-state index is -3.53. The van der Waals surface area contributed by atoms with E-state index in [-0.39, 0.29) is 24.9 Å². The molecule has 0 radical (unpaired) electrons. The molecule has 1 heterocycles. The molecule has 8 nitrogen and oxygen atoms in total. The number of amides is 2. The highest BCUT2D eigenvalue weighted by atomic mass is 32.2. The Balaban J connectivity index is 1.82. The number of sulfonamides is 1. The number of para-hydroxylation sites is 3. The van der Waals surface area contributed by atoms with Crippen molar-refractivity contribution in [2.75, 3.05) is 22.4 Å². The molecule has 2 aromatic carbocycles. The van der Waals surface area contributed by atoms with Gasteiger partial charge in [0.05, 0.1) is 23.2 Å². The van der Waals surface area contributed by atoms with Gasteiger partial charge >= 0.3 is 0 Å². The van der Waals surface area contributed by atoms with Crippen molar-refractivity contribution >= 4 is 33.2 Å². The zero-order valence-corrected chi connectivity index (χ0v) is 18.6. The number of carbonyl (C=O) groups excluding carboxylic acids is 2. The van der Waals surface area contributed by atoms with Crippen LogP contribution in [-0.4, -0.2) is 45.2 Å². The number of rotatable bonds is 6. The van der Waals surface area contributed by atoms with E-state index in [2.05, 4.69) is 10.6 Å². The summed E-state index contributed by atoms with van der Waals surface area (Å²) in [6.07, 6.45) is 1.15. The fraction of sp³-hybridized carbons (Fsp3) is 0.364. The number of benzene rings is 2. The highest BCUT2D eigenvalue weighted by Crippen LogP contribution is 2.34. The number of fused-ring (bicyclic) bond motifs is 1.